The molecule has 1 aromatic heterocycles. The fraction of sp³-hybridized carbons (Fsp3) is 0.800. The van der Waals surface area contributed by atoms with E-state index in [1.807, 2.05) is 0 Å². The van der Waals surface area contributed by atoms with Gasteiger partial charge in [0.25, 0.3) is 0 Å². The van der Waals surface area contributed by atoms with Crippen LogP contribution in [0.15, 0.2) is 6.20 Å². The molecule has 1 aliphatic heterocycles. The van der Waals surface area contributed by atoms with E-state index in [9.17, 15) is 0 Å². The normalized spacial score (nSPS) is 32.9. The van der Waals surface area contributed by atoms with Crippen LogP contribution in [0.4, 0.5) is 5.00 Å². The third-order valence-electron chi connectivity index (χ3n) is 3.30. The maximum atomic E-state index is 3.87. The van der Waals surface area contributed by atoms with E-state index in [0.29, 0.717) is 18.0 Å². The van der Waals surface area contributed by atoms with Crippen LogP contribution in [0.2, 0.25) is 0 Å². The van der Waals surface area contributed by atoms with Crippen LogP contribution >= 0.6 is 11.5 Å². The van der Waals surface area contributed by atoms with E-state index < -0.39 is 0 Å². The number of rotatable bonds is 2. The number of likely N-dealkylation sites (tertiary alicyclic amines) is 1. The van der Waals surface area contributed by atoms with Crippen molar-refractivity contribution in [3.05, 3.63) is 6.20 Å². The van der Waals surface area contributed by atoms with Gasteiger partial charge in [-0.25, -0.2) is 0 Å². The number of hydrogen-bond acceptors (Lipinski definition) is 5. The van der Waals surface area contributed by atoms with Gasteiger partial charge in [0.05, 0.1) is 6.20 Å². The Labute approximate surface area is 94.8 Å². The molecule has 1 saturated heterocycles. The SMILES string of the molecule is CC1CN(C)C(C)CC1Nc1cnns1. The van der Waals surface area contributed by atoms with Gasteiger partial charge in [0.1, 0.15) is 5.00 Å². The maximum Gasteiger partial charge on any atom is 0.130 e. The van der Waals surface area contributed by atoms with E-state index in [2.05, 4.69) is 40.7 Å². The van der Waals surface area contributed by atoms with Crippen LogP contribution in [-0.4, -0.2) is 40.2 Å². The molecule has 1 aromatic rings. The largest absolute Gasteiger partial charge is 0.371 e. The molecule has 0 aliphatic carbocycles. The van der Waals surface area contributed by atoms with Crippen LogP contribution in [0.25, 0.3) is 0 Å². The van der Waals surface area contributed by atoms with E-state index in [1.165, 1.54) is 18.0 Å². The van der Waals surface area contributed by atoms with Gasteiger partial charge < -0.3 is 10.2 Å². The Morgan fingerprint density at radius 2 is 2.33 bits per heavy atom. The highest BCUT2D eigenvalue weighted by molar-refractivity contribution is 7.09. The second-order valence-electron chi connectivity index (χ2n) is 4.53. The van der Waals surface area contributed by atoms with E-state index in [-0.39, 0.29) is 0 Å². The van der Waals surface area contributed by atoms with Crippen LogP contribution in [-0.2, 0) is 0 Å². The lowest BCUT2D eigenvalue weighted by atomic mass is 9.90. The van der Waals surface area contributed by atoms with E-state index >= 15 is 0 Å². The molecule has 84 valence electrons. The smallest absolute Gasteiger partial charge is 0.130 e. The van der Waals surface area contributed by atoms with Crippen LogP contribution in [0.1, 0.15) is 20.3 Å². The van der Waals surface area contributed by atoms with Gasteiger partial charge >= 0.3 is 0 Å². The van der Waals surface area contributed by atoms with Gasteiger partial charge in [-0.15, -0.1) is 5.10 Å². The predicted octanol–water partition coefficient (Wildman–Crippen LogP) is 1.68. The summed E-state index contributed by atoms with van der Waals surface area (Å²) in [7, 11) is 2.20. The zero-order valence-corrected chi connectivity index (χ0v) is 10.3. The van der Waals surface area contributed by atoms with Gasteiger partial charge in [0.15, 0.2) is 0 Å². The molecule has 0 bridgehead atoms. The first kappa shape index (κ1) is 10.8. The minimum absolute atomic E-state index is 0.554. The molecular formula is C10H18N4S. The third-order valence-corrected chi connectivity index (χ3v) is 3.90. The van der Waals surface area contributed by atoms with Crippen molar-refractivity contribution in [1.82, 2.24) is 14.5 Å². The summed E-state index contributed by atoms with van der Waals surface area (Å²) in [4.78, 5) is 2.42. The van der Waals surface area contributed by atoms with Crippen molar-refractivity contribution in [2.75, 3.05) is 18.9 Å². The van der Waals surface area contributed by atoms with Gasteiger partial charge in [0, 0.05) is 30.2 Å². The summed E-state index contributed by atoms with van der Waals surface area (Å²) in [6.07, 6.45) is 3.00. The summed E-state index contributed by atoms with van der Waals surface area (Å²) < 4.78 is 3.87. The lowest BCUT2D eigenvalue weighted by Crippen LogP contribution is -2.47. The second-order valence-corrected chi connectivity index (χ2v) is 5.32. The Morgan fingerprint density at radius 1 is 1.53 bits per heavy atom. The lowest BCUT2D eigenvalue weighted by molar-refractivity contribution is 0.146. The number of nitrogens with zero attached hydrogens (tertiary/aromatic N) is 3. The minimum Gasteiger partial charge on any atom is -0.371 e. The first-order valence-corrected chi connectivity index (χ1v) is 6.18. The molecule has 2 heterocycles. The van der Waals surface area contributed by atoms with Crippen molar-refractivity contribution >= 4 is 16.5 Å². The van der Waals surface area contributed by atoms with Crippen molar-refractivity contribution < 1.29 is 0 Å². The van der Waals surface area contributed by atoms with Crippen LogP contribution in [0, 0.1) is 5.92 Å². The molecule has 1 N–H and O–H groups in total. The Morgan fingerprint density at radius 3 is 3.00 bits per heavy atom. The quantitative estimate of drug-likeness (QED) is 0.833. The molecule has 0 amide bonds. The van der Waals surface area contributed by atoms with Gasteiger partial charge in [-0.1, -0.05) is 11.4 Å². The number of anilines is 1. The molecule has 0 radical (unpaired) electrons. The molecule has 1 fully saturated rings. The summed E-state index contributed by atoms with van der Waals surface area (Å²) >= 11 is 1.43. The molecule has 0 spiro atoms. The first-order valence-electron chi connectivity index (χ1n) is 5.41. The van der Waals surface area contributed by atoms with Gasteiger partial charge in [-0.2, -0.15) is 0 Å². The average molecular weight is 226 g/mol. The van der Waals surface area contributed by atoms with Crippen LogP contribution < -0.4 is 5.32 Å². The summed E-state index contributed by atoms with van der Waals surface area (Å²) in [6, 6.07) is 1.21. The standard InChI is InChI=1S/C10H18N4S/c1-7-6-14(3)8(2)4-9(7)12-10-5-11-13-15-10/h5,7-9,12H,4,6H2,1-3H3. The molecule has 3 unspecified atom stereocenters. The summed E-state index contributed by atoms with van der Waals surface area (Å²) in [5.41, 5.74) is 0. The molecule has 1 aliphatic rings. The Hall–Kier alpha value is -0.680. The van der Waals surface area contributed by atoms with Crippen LogP contribution in [0.3, 0.4) is 0 Å². The van der Waals surface area contributed by atoms with Crippen molar-refractivity contribution in [3.8, 4) is 0 Å². The summed E-state index contributed by atoms with van der Waals surface area (Å²) in [5.74, 6) is 0.674. The summed E-state index contributed by atoms with van der Waals surface area (Å²) in [6.45, 7) is 5.74. The molecule has 2 rings (SSSR count). The Balaban J connectivity index is 1.97. The molecule has 0 saturated carbocycles. The van der Waals surface area contributed by atoms with Gasteiger partial charge in [-0.05, 0) is 26.3 Å². The summed E-state index contributed by atoms with van der Waals surface area (Å²) in [5, 5.41) is 8.46. The first-order chi connectivity index (χ1) is 7.16. The lowest BCUT2D eigenvalue weighted by Gasteiger charge is -2.39. The van der Waals surface area contributed by atoms with Crippen LogP contribution in [0.5, 0.6) is 0 Å². The third kappa shape index (κ3) is 2.46. The molecule has 15 heavy (non-hydrogen) atoms. The highest BCUT2D eigenvalue weighted by Crippen LogP contribution is 2.24. The molecular weight excluding hydrogens is 208 g/mol. The van der Waals surface area contributed by atoms with Crippen molar-refractivity contribution in [2.24, 2.45) is 5.92 Å². The molecule has 0 aromatic carbocycles. The predicted molar refractivity (Wildman–Crippen MR) is 63.2 cm³/mol. The van der Waals surface area contributed by atoms with Crippen molar-refractivity contribution in [2.45, 2.75) is 32.4 Å². The zero-order chi connectivity index (χ0) is 10.8. The van der Waals surface area contributed by atoms with Crippen molar-refractivity contribution in [3.63, 3.8) is 0 Å². The van der Waals surface area contributed by atoms with Gasteiger partial charge in [0.2, 0.25) is 0 Å². The fourth-order valence-corrected chi connectivity index (χ4v) is 2.64. The average Bonchev–Trinajstić information content (AvgIpc) is 2.67. The zero-order valence-electron chi connectivity index (χ0n) is 9.47. The molecule has 3 atom stereocenters. The highest BCUT2D eigenvalue weighted by atomic mass is 32.1. The number of piperidine rings is 1. The van der Waals surface area contributed by atoms with Gasteiger partial charge in [-0.3, -0.25) is 0 Å². The van der Waals surface area contributed by atoms with E-state index in [1.54, 1.807) is 6.20 Å². The topological polar surface area (TPSA) is 41.0 Å². The Kier molecular flexibility index (Phi) is 3.21. The number of aromatic nitrogens is 2. The van der Waals surface area contributed by atoms with E-state index in [4.69, 9.17) is 0 Å². The van der Waals surface area contributed by atoms with Crippen molar-refractivity contribution in [1.29, 1.82) is 0 Å². The number of hydrogen-bond donors (Lipinski definition) is 1. The fourth-order valence-electron chi connectivity index (χ4n) is 2.16. The highest BCUT2D eigenvalue weighted by Gasteiger charge is 2.28. The van der Waals surface area contributed by atoms with E-state index in [0.717, 1.165) is 11.5 Å². The molecule has 4 nitrogen and oxygen atoms in total. The monoisotopic (exact) mass is 226 g/mol. The Bertz CT molecular complexity index is 300. The minimum atomic E-state index is 0.554. The maximum absolute atomic E-state index is 3.87. The number of nitrogens with one attached hydrogen (secondary N) is 1. The molecule has 5 heteroatoms. The second kappa shape index (κ2) is 4.45.